The van der Waals surface area contributed by atoms with Crippen molar-refractivity contribution in [2.45, 2.75) is 25.2 Å². The van der Waals surface area contributed by atoms with E-state index in [1.165, 1.54) is 12.1 Å². The summed E-state index contributed by atoms with van der Waals surface area (Å²) in [4.78, 5) is 23.9. The molecule has 0 spiro atoms. The average molecular weight is 425 g/mol. The van der Waals surface area contributed by atoms with E-state index in [9.17, 15) is 9.18 Å². The Kier molecular flexibility index (Phi) is 6.08. The van der Waals surface area contributed by atoms with Crippen LogP contribution in [0, 0.1) is 5.82 Å². The van der Waals surface area contributed by atoms with Gasteiger partial charge in [-0.2, -0.15) is 0 Å². The first-order chi connectivity index (χ1) is 15.0. The molecule has 1 saturated heterocycles. The summed E-state index contributed by atoms with van der Waals surface area (Å²) in [6, 6.07) is 9.85. The molecule has 0 aliphatic carbocycles. The van der Waals surface area contributed by atoms with Crippen LogP contribution in [0.4, 0.5) is 4.39 Å². The lowest BCUT2D eigenvalue weighted by Crippen LogP contribution is -2.56. The quantitative estimate of drug-likeness (QED) is 0.559. The third kappa shape index (κ3) is 4.79. The molecule has 1 amide bonds. The molecule has 162 valence electrons. The Morgan fingerprint density at radius 1 is 1.19 bits per heavy atom. The van der Waals surface area contributed by atoms with E-state index in [1.807, 2.05) is 19.1 Å². The topological polar surface area (TPSA) is 115 Å². The highest BCUT2D eigenvalue weighted by molar-refractivity contribution is 5.78. The van der Waals surface area contributed by atoms with Crippen molar-refractivity contribution in [3.63, 3.8) is 0 Å². The summed E-state index contributed by atoms with van der Waals surface area (Å²) in [5.41, 5.74) is 7.82. The predicted molar refractivity (Wildman–Crippen MR) is 112 cm³/mol. The van der Waals surface area contributed by atoms with Gasteiger partial charge in [0.15, 0.2) is 5.82 Å². The number of hydrogen-bond donors (Lipinski definition) is 3. The normalized spacial score (nSPS) is 21.1. The zero-order valence-electron chi connectivity index (χ0n) is 17.1. The highest BCUT2D eigenvalue weighted by atomic mass is 19.1. The number of carbonyl (C=O) groups is 1. The lowest BCUT2D eigenvalue weighted by atomic mass is 10.0. The molecule has 3 aromatic rings. The molecule has 0 bridgehead atoms. The van der Waals surface area contributed by atoms with E-state index in [1.54, 1.807) is 24.5 Å². The lowest BCUT2D eigenvalue weighted by molar-refractivity contribution is -0.217. The molecule has 1 fully saturated rings. The third-order valence-electron chi connectivity index (χ3n) is 4.95. The standard InChI is InChI=1S/C22H24FN5O3/c1-22(28-17(29)6-9-24)12-30-21(31-13-22)20-26-18(14-2-4-16(23)5-3-14)19(27-20)15-7-10-25-11-8-15/h2-5,7-8,10-11,21H,6,9,12-13,24H2,1H3,(H,26,27)(H,28,29). The second kappa shape index (κ2) is 8.93. The molecular formula is C22H24FN5O3. The lowest BCUT2D eigenvalue weighted by Gasteiger charge is -2.37. The molecular weight excluding hydrogens is 401 g/mol. The number of carbonyl (C=O) groups excluding carboxylic acids is 1. The first-order valence-electron chi connectivity index (χ1n) is 9.98. The predicted octanol–water partition coefficient (Wildman–Crippen LogP) is 2.55. The van der Waals surface area contributed by atoms with Crippen LogP contribution in [0.1, 0.15) is 25.5 Å². The van der Waals surface area contributed by atoms with E-state index in [0.29, 0.717) is 11.5 Å². The van der Waals surface area contributed by atoms with Gasteiger partial charge in [-0.15, -0.1) is 0 Å². The third-order valence-corrected chi connectivity index (χ3v) is 4.95. The van der Waals surface area contributed by atoms with E-state index in [-0.39, 0.29) is 37.9 Å². The zero-order chi connectivity index (χ0) is 21.8. The number of rotatable bonds is 6. The van der Waals surface area contributed by atoms with E-state index in [2.05, 4.69) is 15.3 Å². The maximum atomic E-state index is 13.4. The van der Waals surface area contributed by atoms with Crippen LogP contribution < -0.4 is 11.1 Å². The van der Waals surface area contributed by atoms with Crippen LogP contribution in [0.25, 0.3) is 22.5 Å². The van der Waals surface area contributed by atoms with E-state index < -0.39 is 11.8 Å². The molecule has 9 heteroatoms. The van der Waals surface area contributed by atoms with Gasteiger partial charge in [0.25, 0.3) is 0 Å². The Labute approximate surface area is 179 Å². The fourth-order valence-electron chi connectivity index (χ4n) is 3.42. The van der Waals surface area contributed by atoms with Gasteiger partial charge in [0.1, 0.15) is 5.82 Å². The summed E-state index contributed by atoms with van der Waals surface area (Å²) >= 11 is 0. The van der Waals surface area contributed by atoms with E-state index in [0.717, 1.165) is 16.8 Å². The van der Waals surface area contributed by atoms with Gasteiger partial charge in [-0.1, -0.05) is 0 Å². The van der Waals surface area contributed by atoms with Crippen LogP contribution in [0.5, 0.6) is 0 Å². The fourth-order valence-corrected chi connectivity index (χ4v) is 3.42. The molecule has 4 N–H and O–H groups in total. The number of benzene rings is 1. The van der Waals surface area contributed by atoms with Crippen molar-refractivity contribution >= 4 is 5.91 Å². The molecule has 4 rings (SSSR count). The van der Waals surface area contributed by atoms with Gasteiger partial charge in [0.2, 0.25) is 12.2 Å². The van der Waals surface area contributed by atoms with Gasteiger partial charge >= 0.3 is 0 Å². The van der Waals surface area contributed by atoms with Crippen molar-refractivity contribution in [2.24, 2.45) is 5.73 Å². The SMILES string of the molecule is CC1(NC(=O)CCN)COC(c2nc(-c3ccc(F)cc3)c(-c3ccncc3)[nH]2)OC1. The Hall–Kier alpha value is -3.14. The number of hydrogen-bond acceptors (Lipinski definition) is 6. The van der Waals surface area contributed by atoms with Crippen LogP contribution in [-0.4, -0.2) is 46.2 Å². The van der Waals surface area contributed by atoms with E-state index >= 15 is 0 Å². The van der Waals surface area contributed by atoms with Crippen molar-refractivity contribution in [3.8, 4) is 22.5 Å². The van der Waals surface area contributed by atoms with Crippen LogP contribution in [-0.2, 0) is 14.3 Å². The Morgan fingerprint density at radius 3 is 2.52 bits per heavy atom. The average Bonchev–Trinajstić information content (AvgIpc) is 3.21. The number of amides is 1. The van der Waals surface area contributed by atoms with Crippen molar-refractivity contribution in [1.29, 1.82) is 0 Å². The van der Waals surface area contributed by atoms with Crippen LogP contribution >= 0.6 is 0 Å². The molecule has 31 heavy (non-hydrogen) atoms. The first kappa shape index (κ1) is 21.1. The minimum absolute atomic E-state index is 0.146. The summed E-state index contributed by atoms with van der Waals surface area (Å²) in [7, 11) is 0. The van der Waals surface area contributed by atoms with Crippen LogP contribution in [0.3, 0.4) is 0 Å². The van der Waals surface area contributed by atoms with Crippen LogP contribution in [0.15, 0.2) is 48.8 Å². The first-order valence-corrected chi connectivity index (χ1v) is 9.98. The van der Waals surface area contributed by atoms with Crippen LogP contribution in [0.2, 0.25) is 0 Å². The Morgan fingerprint density at radius 2 is 1.87 bits per heavy atom. The number of nitrogens with two attached hydrogens (primary N) is 1. The van der Waals surface area contributed by atoms with Gasteiger partial charge in [0.05, 0.1) is 30.1 Å². The Balaban J connectivity index is 1.58. The monoisotopic (exact) mass is 425 g/mol. The maximum Gasteiger partial charge on any atom is 0.221 e. The van der Waals surface area contributed by atoms with Gasteiger partial charge in [-0.25, -0.2) is 9.37 Å². The molecule has 1 aliphatic heterocycles. The second-order valence-electron chi connectivity index (χ2n) is 7.69. The second-order valence-corrected chi connectivity index (χ2v) is 7.69. The number of pyridine rings is 1. The summed E-state index contributed by atoms with van der Waals surface area (Å²) in [5, 5.41) is 2.90. The number of aromatic nitrogens is 3. The highest BCUT2D eigenvalue weighted by Gasteiger charge is 2.36. The van der Waals surface area contributed by atoms with Gasteiger partial charge in [0, 0.05) is 36.5 Å². The molecule has 3 heterocycles. The number of H-pyrrole nitrogens is 1. The van der Waals surface area contributed by atoms with Crippen molar-refractivity contribution in [3.05, 3.63) is 60.4 Å². The van der Waals surface area contributed by atoms with Gasteiger partial charge in [-0.3, -0.25) is 9.78 Å². The van der Waals surface area contributed by atoms with Gasteiger partial charge < -0.3 is 25.5 Å². The maximum absolute atomic E-state index is 13.4. The molecule has 0 saturated carbocycles. The summed E-state index contributed by atoms with van der Waals surface area (Å²) in [5.74, 6) is 0.0218. The smallest absolute Gasteiger partial charge is 0.221 e. The minimum Gasteiger partial charge on any atom is -0.346 e. The Bertz CT molecular complexity index is 1030. The van der Waals surface area contributed by atoms with Gasteiger partial charge in [-0.05, 0) is 43.3 Å². The summed E-state index contributed by atoms with van der Waals surface area (Å²) < 4.78 is 25.2. The number of imidazole rings is 1. The summed E-state index contributed by atoms with van der Waals surface area (Å²) in [6.07, 6.45) is 2.89. The largest absolute Gasteiger partial charge is 0.346 e. The molecule has 1 aromatic carbocycles. The highest BCUT2D eigenvalue weighted by Crippen LogP contribution is 2.34. The van der Waals surface area contributed by atoms with Crippen molar-refractivity contribution in [1.82, 2.24) is 20.3 Å². The fraction of sp³-hybridized carbons (Fsp3) is 0.318. The molecule has 0 radical (unpaired) electrons. The summed E-state index contributed by atoms with van der Waals surface area (Å²) in [6.45, 7) is 2.64. The number of nitrogens with one attached hydrogen (secondary N) is 2. The van der Waals surface area contributed by atoms with Crippen molar-refractivity contribution < 1.29 is 18.7 Å². The molecule has 2 aromatic heterocycles. The van der Waals surface area contributed by atoms with Crippen molar-refractivity contribution in [2.75, 3.05) is 19.8 Å². The minimum atomic E-state index is -0.728. The molecule has 1 aliphatic rings. The van der Waals surface area contributed by atoms with E-state index in [4.69, 9.17) is 20.2 Å². The molecule has 8 nitrogen and oxygen atoms in total. The number of halogens is 1. The molecule has 0 atom stereocenters. The zero-order valence-corrected chi connectivity index (χ0v) is 17.1. The number of aromatic amines is 1. The molecule has 0 unspecified atom stereocenters. The number of ether oxygens (including phenoxy) is 2. The number of nitrogens with zero attached hydrogens (tertiary/aromatic N) is 2.